The average Bonchev–Trinajstić information content (AvgIpc) is 2.97. The molecule has 3 rings (SSSR count). The van der Waals surface area contributed by atoms with Gasteiger partial charge in [-0.15, -0.1) is 0 Å². The van der Waals surface area contributed by atoms with E-state index < -0.39 is 0 Å². The third kappa shape index (κ3) is 3.04. The fourth-order valence-electron chi connectivity index (χ4n) is 2.32. The number of hydrogen-bond acceptors (Lipinski definition) is 5. The van der Waals surface area contributed by atoms with Crippen molar-refractivity contribution in [3.05, 3.63) is 47.5 Å². The number of nitrogens with zero attached hydrogens (tertiary/aromatic N) is 4. The number of nitrogens with two attached hydrogens (primary N) is 1. The summed E-state index contributed by atoms with van der Waals surface area (Å²) in [5, 5.41) is 15.1. The number of rotatable bonds is 4. The summed E-state index contributed by atoms with van der Waals surface area (Å²) < 4.78 is 1.76. The minimum Gasteiger partial charge on any atom is -0.508 e. The second kappa shape index (κ2) is 6.36. The van der Waals surface area contributed by atoms with Crippen LogP contribution in [0.4, 0.5) is 0 Å². The number of phenolic OH excluding ortho intramolecular Hbond substituents is 1. The van der Waals surface area contributed by atoms with Gasteiger partial charge >= 0.3 is 0 Å². The lowest BCUT2D eigenvalue weighted by Crippen LogP contribution is -2.10. The monoisotopic (exact) mass is 329 g/mol. The normalized spacial score (nSPS) is 10.9. The van der Waals surface area contributed by atoms with Gasteiger partial charge in [0, 0.05) is 40.7 Å². The van der Waals surface area contributed by atoms with Crippen molar-refractivity contribution in [1.82, 2.24) is 19.7 Å². The van der Waals surface area contributed by atoms with Crippen molar-refractivity contribution in [2.75, 3.05) is 6.54 Å². The molecule has 1 aromatic carbocycles. The van der Waals surface area contributed by atoms with E-state index >= 15 is 0 Å². The molecular weight excluding hydrogens is 314 g/mol. The SMILES string of the molecule is Cc1c(O)cc(-c2nn(CCN)cc2-c2ccncn2)cc1Cl. The molecule has 0 atom stereocenters. The van der Waals surface area contributed by atoms with Gasteiger partial charge in [-0.2, -0.15) is 5.10 Å². The van der Waals surface area contributed by atoms with Crippen LogP contribution in [0.5, 0.6) is 5.75 Å². The Kier molecular flexibility index (Phi) is 4.27. The van der Waals surface area contributed by atoms with Crippen molar-refractivity contribution >= 4 is 11.6 Å². The maximum Gasteiger partial charge on any atom is 0.120 e. The van der Waals surface area contributed by atoms with Crippen molar-refractivity contribution in [2.24, 2.45) is 5.73 Å². The van der Waals surface area contributed by atoms with Crippen molar-refractivity contribution in [2.45, 2.75) is 13.5 Å². The second-order valence-corrected chi connectivity index (χ2v) is 5.55. The Labute approximate surface area is 138 Å². The van der Waals surface area contributed by atoms with Gasteiger partial charge in [-0.05, 0) is 25.1 Å². The zero-order chi connectivity index (χ0) is 16.4. The van der Waals surface area contributed by atoms with E-state index in [2.05, 4.69) is 15.1 Å². The summed E-state index contributed by atoms with van der Waals surface area (Å²) in [7, 11) is 0. The Balaban J connectivity index is 2.18. The maximum absolute atomic E-state index is 10.0. The molecule has 0 saturated carbocycles. The second-order valence-electron chi connectivity index (χ2n) is 5.14. The van der Waals surface area contributed by atoms with Gasteiger partial charge in [0.1, 0.15) is 17.8 Å². The molecule has 0 fully saturated rings. The van der Waals surface area contributed by atoms with Crippen LogP contribution in [0.3, 0.4) is 0 Å². The predicted molar refractivity (Wildman–Crippen MR) is 89.2 cm³/mol. The van der Waals surface area contributed by atoms with Gasteiger partial charge in [-0.3, -0.25) is 4.68 Å². The lowest BCUT2D eigenvalue weighted by molar-refractivity contribution is 0.471. The topological polar surface area (TPSA) is 89.9 Å². The van der Waals surface area contributed by atoms with Crippen molar-refractivity contribution < 1.29 is 5.11 Å². The molecule has 2 aromatic heterocycles. The Morgan fingerprint density at radius 3 is 2.83 bits per heavy atom. The van der Waals surface area contributed by atoms with Crippen LogP contribution < -0.4 is 5.73 Å². The van der Waals surface area contributed by atoms with Gasteiger partial charge in [0.15, 0.2) is 0 Å². The Hall–Kier alpha value is -2.44. The highest BCUT2D eigenvalue weighted by molar-refractivity contribution is 6.31. The first-order valence-electron chi connectivity index (χ1n) is 7.13. The first-order chi connectivity index (χ1) is 11.1. The highest BCUT2D eigenvalue weighted by atomic mass is 35.5. The van der Waals surface area contributed by atoms with Crippen LogP contribution in [0.1, 0.15) is 5.56 Å². The Bertz CT molecular complexity index is 809. The minimum absolute atomic E-state index is 0.134. The number of benzene rings is 1. The van der Waals surface area contributed by atoms with E-state index in [1.165, 1.54) is 6.33 Å². The van der Waals surface area contributed by atoms with Gasteiger partial charge in [0.2, 0.25) is 0 Å². The van der Waals surface area contributed by atoms with E-state index in [-0.39, 0.29) is 5.75 Å². The number of aromatic hydroxyl groups is 1. The number of hydrogen-bond donors (Lipinski definition) is 2. The summed E-state index contributed by atoms with van der Waals surface area (Å²) in [5.41, 5.74) is 9.25. The molecule has 0 spiro atoms. The fourth-order valence-corrected chi connectivity index (χ4v) is 2.53. The van der Waals surface area contributed by atoms with Gasteiger partial charge in [0.25, 0.3) is 0 Å². The zero-order valence-corrected chi connectivity index (χ0v) is 13.3. The summed E-state index contributed by atoms with van der Waals surface area (Å²) in [4.78, 5) is 8.22. The quantitative estimate of drug-likeness (QED) is 0.768. The number of phenols is 1. The van der Waals surface area contributed by atoms with E-state index in [1.54, 1.807) is 29.9 Å². The zero-order valence-electron chi connectivity index (χ0n) is 12.6. The molecule has 6 nitrogen and oxygen atoms in total. The molecule has 0 amide bonds. The molecule has 0 bridgehead atoms. The molecule has 2 heterocycles. The molecule has 23 heavy (non-hydrogen) atoms. The van der Waals surface area contributed by atoms with E-state index in [0.717, 1.165) is 16.8 Å². The van der Waals surface area contributed by atoms with Gasteiger partial charge < -0.3 is 10.8 Å². The number of aromatic nitrogens is 4. The van der Waals surface area contributed by atoms with Crippen LogP contribution in [-0.2, 0) is 6.54 Å². The Morgan fingerprint density at radius 2 is 2.17 bits per heavy atom. The van der Waals surface area contributed by atoms with Crippen LogP contribution in [0.2, 0.25) is 5.02 Å². The third-order valence-electron chi connectivity index (χ3n) is 3.57. The summed E-state index contributed by atoms with van der Waals surface area (Å²) in [6.07, 6.45) is 5.04. The maximum atomic E-state index is 10.0. The predicted octanol–water partition coefficient (Wildman–Crippen LogP) is 2.63. The van der Waals surface area contributed by atoms with E-state index in [4.69, 9.17) is 17.3 Å². The molecule has 3 aromatic rings. The van der Waals surface area contributed by atoms with E-state index in [9.17, 15) is 5.11 Å². The molecule has 0 saturated heterocycles. The van der Waals surface area contributed by atoms with Crippen molar-refractivity contribution in [1.29, 1.82) is 0 Å². The lowest BCUT2D eigenvalue weighted by Gasteiger charge is -2.06. The molecule has 118 valence electrons. The largest absolute Gasteiger partial charge is 0.508 e. The van der Waals surface area contributed by atoms with Crippen LogP contribution in [0.15, 0.2) is 36.9 Å². The molecule has 0 radical (unpaired) electrons. The molecule has 0 aliphatic rings. The van der Waals surface area contributed by atoms with Crippen LogP contribution >= 0.6 is 11.6 Å². The highest BCUT2D eigenvalue weighted by Gasteiger charge is 2.16. The lowest BCUT2D eigenvalue weighted by atomic mass is 10.0. The molecule has 7 heteroatoms. The van der Waals surface area contributed by atoms with Crippen LogP contribution in [-0.4, -0.2) is 31.4 Å². The third-order valence-corrected chi connectivity index (χ3v) is 3.96. The highest BCUT2D eigenvalue weighted by Crippen LogP contribution is 2.35. The van der Waals surface area contributed by atoms with Gasteiger partial charge in [-0.25, -0.2) is 9.97 Å². The number of halogens is 1. The Morgan fingerprint density at radius 1 is 1.35 bits per heavy atom. The molecule has 0 aliphatic carbocycles. The van der Waals surface area contributed by atoms with E-state index in [0.29, 0.717) is 29.4 Å². The summed E-state index contributed by atoms with van der Waals surface area (Å²) in [6, 6.07) is 5.25. The summed E-state index contributed by atoms with van der Waals surface area (Å²) >= 11 is 6.20. The van der Waals surface area contributed by atoms with Crippen LogP contribution in [0.25, 0.3) is 22.5 Å². The first-order valence-corrected chi connectivity index (χ1v) is 7.51. The smallest absolute Gasteiger partial charge is 0.120 e. The van der Waals surface area contributed by atoms with E-state index in [1.807, 2.05) is 12.3 Å². The fraction of sp³-hybridized carbons (Fsp3) is 0.188. The van der Waals surface area contributed by atoms with Crippen LogP contribution in [0, 0.1) is 6.92 Å². The van der Waals surface area contributed by atoms with Crippen molar-refractivity contribution in [3.8, 4) is 28.3 Å². The standard InChI is InChI=1S/C16H16ClN5O/c1-10-13(17)6-11(7-15(10)23)16-12(8-22(21-16)5-3-18)14-2-4-19-9-20-14/h2,4,6-9,23H,3,5,18H2,1H3. The van der Waals surface area contributed by atoms with Gasteiger partial charge in [0.05, 0.1) is 12.2 Å². The molecule has 0 unspecified atom stereocenters. The van der Waals surface area contributed by atoms with Crippen molar-refractivity contribution in [3.63, 3.8) is 0 Å². The molecule has 0 aliphatic heterocycles. The average molecular weight is 330 g/mol. The summed E-state index contributed by atoms with van der Waals surface area (Å²) in [5.74, 6) is 0.134. The minimum atomic E-state index is 0.134. The molecule has 3 N–H and O–H groups in total. The summed E-state index contributed by atoms with van der Waals surface area (Å²) in [6.45, 7) is 2.83. The van der Waals surface area contributed by atoms with Gasteiger partial charge in [-0.1, -0.05) is 11.6 Å². The molecular formula is C16H16ClN5O. The first kappa shape index (κ1) is 15.5.